The summed E-state index contributed by atoms with van der Waals surface area (Å²) in [7, 11) is 0. The monoisotopic (exact) mass is 1630 g/mol. The first-order valence-electron chi connectivity index (χ1n) is 43.8. The van der Waals surface area contributed by atoms with Crippen molar-refractivity contribution in [2.45, 2.75) is 10.8 Å². The van der Waals surface area contributed by atoms with E-state index in [1.807, 2.05) is 30.3 Å². The molecule has 0 aliphatic heterocycles. The fourth-order valence-electron chi connectivity index (χ4n) is 20.4. The molecule has 0 unspecified atom stereocenters. The highest BCUT2D eigenvalue weighted by Gasteiger charge is 2.48. The first-order chi connectivity index (χ1) is 63.4. The maximum Gasteiger partial charge on any atom is 0.160 e. The van der Waals surface area contributed by atoms with Crippen LogP contribution in [0, 0.1) is 0 Å². The Morgan fingerprint density at radius 2 is 0.367 bits per heavy atom. The van der Waals surface area contributed by atoms with E-state index in [1.54, 1.807) is 0 Å². The van der Waals surface area contributed by atoms with Gasteiger partial charge in [-0.2, -0.15) is 0 Å². The van der Waals surface area contributed by atoms with Crippen molar-refractivity contribution in [3.8, 4) is 123 Å². The SMILES string of the molecule is c1ccc(-c2ccc(-c3nc(-c4ccc(-c5ccc(-c6nc7ccccc7c7cc8c(cc67)-c6ccccc6C8(c6ccccc6)c6ccccc6)cc5)cc4)nc4ccccc34)cc2)cc1.c1ccc(-c2nc(-c3ccc(-c4ccc(-c5nc6ccccc6c6cc7c(cc56)-c5ccccc5C7(c5ccccc5)c5ccccc5)cc4)cc3)nc3ccccc23)cc1. The Morgan fingerprint density at radius 3 is 0.703 bits per heavy atom. The largest absolute Gasteiger partial charge is 0.247 e. The molecule has 596 valence electrons. The molecule has 2 aliphatic carbocycles. The first kappa shape index (κ1) is 75.0. The number of para-hydroxylation sites is 4. The third-order valence-corrected chi connectivity index (χ3v) is 26.3. The number of nitrogens with zero attached hydrogens (tertiary/aromatic N) is 6. The van der Waals surface area contributed by atoms with Gasteiger partial charge < -0.3 is 0 Å². The molecule has 19 aromatic carbocycles. The fourth-order valence-corrected chi connectivity index (χ4v) is 20.4. The number of hydrogen-bond donors (Lipinski definition) is 0. The molecular formula is C122H78N6. The van der Waals surface area contributed by atoms with E-state index < -0.39 is 10.8 Å². The molecule has 0 fully saturated rings. The van der Waals surface area contributed by atoms with Crippen LogP contribution >= 0.6 is 0 Å². The second-order valence-electron chi connectivity index (χ2n) is 33.3. The fraction of sp³-hybridized carbons (Fsp3) is 0.0164. The molecule has 0 N–H and O–H groups in total. The highest BCUT2D eigenvalue weighted by Crippen LogP contribution is 2.60. The zero-order valence-electron chi connectivity index (χ0n) is 69.7. The van der Waals surface area contributed by atoms with Gasteiger partial charge in [0.2, 0.25) is 0 Å². The lowest BCUT2D eigenvalue weighted by molar-refractivity contribution is 0.769. The van der Waals surface area contributed by atoms with Gasteiger partial charge in [0.05, 0.1) is 55.7 Å². The molecule has 0 bridgehead atoms. The van der Waals surface area contributed by atoms with Crippen molar-refractivity contribution in [1.29, 1.82) is 0 Å². The lowest BCUT2D eigenvalue weighted by Crippen LogP contribution is -2.28. The molecule has 0 radical (unpaired) electrons. The quantitative estimate of drug-likeness (QED) is 0.107. The summed E-state index contributed by atoms with van der Waals surface area (Å²) in [6.07, 6.45) is 0. The second-order valence-corrected chi connectivity index (χ2v) is 33.3. The van der Waals surface area contributed by atoms with Crippen LogP contribution in [-0.2, 0) is 10.8 Å². The number of rotatable bonds is 13. The number of fused-ring (bicyclic) bond motifs is 14. The summed E-state index contributed by atoms with van der Waals surface area (Å²) < 4.78 is 0. The van der Waals surface area contributed by atoms with Crippen molar-refractivity contribution in [3.05, 3.63) is 518 Å². The minimum Gasteiger partial charge on any atom is -0.247 e. The van der Waals surface area contributed by atoms with Gasteiger partial charge in [-0.1, -0.05) is 425 Å². The van der Waals surface area contributed by atoms with Crippen LogP contribution in [0.5, 0.6) is 0 Å². The van der Waals surface area contributed by atoms with Crippen LogP contribution in [0.3, 0.4) is 0 Å². The van der Waals surface area contributed by atoms with Crippen molar-refractivity contribution in [2.24, 2.45) is 0 Å². The van der Waals surface area contributed by atoms with Gasteiger partial charge >= 0.3 is 0 Å². The number of benzene rings is 19. The third-order valence-electron chi connectivity index (χ3n) is 26.3. The van der Waals surface area contributed by atoms with Gasteiger partial charge in [-0.3, -0.25) is 0 Å². The predicted molar refractivity (Wildman–Crippen MR) is 528 cm³/mol. The van der Waals surface area contributed by atoms with Gasteiger partial charge in [0.1, 0.15) is 0 Å². The van der Waals surface area contributed by atoms with Crippen LogP contribution in [0.2, 0.25) is 0 Å². The number of pyridine rings is 2. The molecule has 0 atom stereocenters. The van der Waals surface area contributed by atoms with Crippen molar-refractivity contribution < 1.29 is 0 Å². The molecule has 0 saturated heterocycles. The minimum absolute atomic E-state index is 0.477. The molecule has 4 heterocycles. The van der Waals surface area contributed by atoms with Crippen molar-refractivity contribution in [2.75, 3.05) is 0 Å². The molecule has 0 saturated carbocycles. The maximum absolute atomic E-state index is 5.41. The van der Waals surface area contributed by atoms with Gasteiger partial charge in [-0.05, 0) is 159 Å². The number of hydrogen-bond acceptors (Lipinski definition) is 6. The second kappa shape index (κ2) is 31.2. The van der Waals surface area contributed by atoms with E-state index in [0.29, 0.717) is 11.6 Å². The summed E-state index contributed by atoms with van der Waals surface area (Å²) in [5.74, 6) is 1.42. The first-order valence-corrected chi connectivity index (χ1v) is 43.8. The standard InChI is InChI=1S/C64H41N3.C58H37N3/c1-4-16-42(17-5-1)43-28-34-46(35-29-43)61-53-24-12-15-27-60(53)66-63(67-61)48-38-32-45(33-39-48)44-30-36-47(37-31-44)62-56-40-55-51-22-10-13-25-57(51)64(49-18-6-2-7-19-49,50-20-8-3-9-21-50)58(55)41-54(56)52-23-11-14-26-59(52)65-62;1-4-16-40(17-5-1)55-47-24-12-15-27-54(47)60-57(61-55)42-34-30-39(31-35-42)38-28-32-41(33-29-38)56-50-36-49-45-22-10-13-25-51(45)58(43-18-6-2-7-19-43,44-20-8-3-9-21-44)52(49)37-48(50)46-23-11-14-26-53(46)59-56/h1-41H;1-37H. The molecular weight excluding hydrogens is 1550 g/mol. The average molecular weight is 1630 g/mol. The molecule has 25 rings (SSSR count). The molecule has 0 amide bonds. The zero-order chi connectivity index (χ0) is 84.6. The minimum atomic E-state index is -0.484. The lowest BCUT2D eigenvalue weighted by atomic mass is 9.67. The summed E-state index contributed by atoms with van der Waals surface area (Å²) in [5, 5.41) is 9.07. The maximum atomic E-state index is 5.41. The van der Waals surface area contributed by atoms with Crippen molar-refractivity contribution in [3.63, 3.8) is 0 Å². The lowest BCUT2D eigenvalue weighted by Gasteiger charge is -2.34. The van der Waals surface area contributed by atoms with Crippen molar-refractivity contribution >= 4 is 65.2 Å². The van der Waals surface area contributed by atoms with Crippen molar-refractivity contribution in [1.82, 2.24) is 29.9 Å². The Labute approximate surface area is 741 Å². The Kier molecular flexibility index (Phi) is 18.3. The summed E-state index contributed by atoms with van der Waals surface area (Å²) in [6, 6.07) is 170. The highest BCUT2D eigenvalue weighted by atomic mass is 14.9. The molecule has 128 heavy (non-hydrogen) atoms. The molecule has 0 spiro atoms. The summed E-state index contributed by atoms with van der Waals surface area (Å²) >= 11 is 0. The van der Waals surface area contributed by atoms with Gasteiger partial charge in [0.25, 0.3) is 0 Å². The van der Waals surface area contributed by atoms with E-state index in [1.165, 1.54) is 88.7 Å². The third kappa shape index (κ3) is 12.5. The van der Waals surface area contributed by atoms with E-state index in [2.05, 4.69) is 443 Å². The van der Waals surface area contributed by atoms with Crippen LogP contribution in [0.1, 0.15) is 44.5 Å². The highest BCUT2D eigenvalue weighted by molar-refractivity contribution is 6.15. The van der Waals surface area contributed by atoms with Gasteiger partial charge in [0, 0.05) is 65.7 Å². The van der Waals surface area contributed by atoms with E-state index in [4.69, 9.17) is 29.9 Å². The average Bonchev–Trinajstić information content (AvgIpc) is 1.53. The topological polar surface area (TPSA) is 77.3 Å². The predicted octanol–water partition coefficient (Wildman–Crippen LogP) is 30.4. The molecule has 23 aromatic rings. The molecule has 4 aromatic heterocycles. The smallest absolute Gasteiger partial charge is 0.160 e. The van der Waals surface area contributed by atoms with E-state index in [0.717, 1.165) is 133 Å². The van der Waals surface area contributed by atoms with Crippen LogP contribution < -0.4 is 0 Å². The summed E-state index contributed by atoms with van der Waals surface area (Å²) in [6.45, 7) is 0. The van der Waals surface area contributed by atoms with E-state index in [-0.39, 0.29) is 0 Å². The van der Waals surface area contributed by atoms with E-state index >= 15 is 0 Å². The van der Waals surface area contributed by atoms with Gasteiger partial charge in [-0.15, -0.1) is 0 Å². The Balaban J connectivity index is 0.000000143. The Bertz CT molecular complexity index is 8140. The van der Waals surface area contributed by atoms with E-state index in [9.17, 15) is 0 Å². The molecule has 6 nitrogen and oxygen atoms in total. The number of aromatic nitrogens is 6. The summed E-state index contributed by atoms with van der Waals surface area (Å²) in [5.41, 5.74) is 35.1. The zero-order valence-corrected chi connectivity index (χ0v) is 69.7. The Morgan fingerprint density at radius 1 is 0.133 bits per heavy atom. The summed E-state index contributed by atoms with van der Waals surface area (Å²) in [4.78, 5) is 31.1. The normalized spacial score (nSPS) is 12.7. The van der Waals surface area contributed by atoms with Crippen LogP contribution in [0.25, 0.3) is 189 Å². The van der Waals surface area contributed by atoms with Crippen LogP contribution in [0.15, 0.2) is 473 Å². The van der Waals surface area contributed by atoms with Crippen LogP contribution in [0.4, 0.5) is 0 Å². The van der Waals surface area contributed by atoms with Gasteiger partial charge in [-0.25, -0.2) is 29.9 Å². The molecule has 6 heteroatoms. The molecule has 2 aliphatic rings. The Hall–Kier alpha value is -16.8. The van der Waals surface area contributed by atoms with Gasteiger partial charge in [0.15, 0.2) is 11.6 Å². The van der Waals surface area contributed by atoms with Crippen LogP contribution in [-0.4, -0.2) is 29.9 Å².